The van der Waals surface area contributed by atoms with Crippen LogP contribution in [-0.4, -0.2) is 30.6 Å². The van der Waals surface area contributed by atoms with Crippen molar-refractivity contribution in [3.8, 4) is 5.75 Å². The summed E-state index contributed by atoms with van der Waals surface area (Å²) in [6, 6.07) is 12.9. The first-order valence-electron chi connectivity index (χ1n) is 8.12. The average molecular weight is 341 g/mol. The molecular formula is C20H23NO4. The van der Waals surface area contributed by atoms with Crippen molar-refractivity contribution in [3.63, 3.8) is 0 Å². The van der Waals surface area contributed by atoms with Crippen molar-refractivity contribution in [2.45, 2.75) is 20.3 Å². The van der Waals surface area contributed by atoms with Gasteiger partial charge in [-0.05, 0) is 43.5 Å². The van der Waals surface area contributed by atoms with Gasteiger partial charge in [0.05, 0.1) is 13.0 Å². The van der Waals surface area contributed by atoms with E-state index in [2.05, 4.69) is 5.32 Å². The quantitative estimate of drug-likeness (QED) is 0.812. The summed E-state index contributed by atoms with van der Waals surface area (Å²) in [7, 11) is 1.55. The molecule has 2 aromatic rings. The molecule has 0 bridgehead atoms. The van der Waals surface area contributed by atoms with E-state index in [1.54, 1.807) is 25.3 Å². The Kier molecular flexibility index (Phi) is 6.17. The van der Waals surface area contributed by atoms with E-state index in [0.717, 1.165) is 16.7 Å². The molecule has 0 saturated heterocycles. The zero-order valence-corrected chi connectivity index (χ0v) is 14.7. The van der Waals surface area contributed by atoms with Crippen molar-refractivity contribution >= 4 is 11.9 Å². The van der Waals surface area contributed by atoms with E-state index in [0.29, 0.717) is 17.7 Å². The minimum atomic E-state index is -0.928. The molecule has 1 atom stereocenters. The van der Waals surface area contributed by atoms with E-state index < -0.39 is 11.9 Å². The van der Waals surface area contributed by atoms with Gasteiger partial charge in [0.2, 0.25) is 0 Å². The number of carbonyl (C=O) groups is 2. The number of rotatable bonds is 7. The van der Waals surface area contributed by atoms with Crippen LogP contribution >= 0.6 is 0 Å². The average Bonchev–Trinajstić information content (AvgIpc) is 2.58. The monoisotopic (exact) mass is 341 g/mol. The number of carboxylic acids is 1. The van der Waals surface area contributed by atoms with E-state index in [1.165, 1.54) is 0 Å². The first-order chi connectivity index (χ1) is 11.9. The minimum absolute atomic E-state index is 0.0678. The predicted molar refractivity (Wildman–Crippen MR) is 96.1 cm³/mol. The van der Waals surface area contributed by atoms with Gasteiger partial charge in [0.15, 0.2) is 0 Å². The molecular weight excluding hydrogens is 318 g/mol. The van der Waals surface area contributed by atoms with Gasteiger partial charge in [0.25, 0.3) is 5.91 Å². The third kappa shape index (κ3) is 5.08. The summed E-state index contributed by atoms with van der Waals surface area (Å²) >= 11 is 0. The topological polar surface area (TPSA) is 75.6 Å². The minimum Gasteiger partial charge on any atom is -0.496 e. The van der Waals surface area contributed by atoms with Gasteiger partial charge < -0.3 is 15.2 Å². The molecule has 2 N–H and O–H groups in total. The smallest absolute Gasteiger partial charge is 0.308 e. The summed E-state index contributed by atoms with van der Waals surface area (Å²) < 4.78 is 5.22. The number of nitrogens with one attached hydrogen (secondary N) is 1. The normalized spacial score (nSPS) is 11.6. The number of hydrogen-bond acceptors (Lipinski definition) is 3. The molecule has 0 radical (unpaired) electrons. The fourth-order valence-electron chi connectivity index (χ4n) is 2.65. The van der Waals surface area contributed by atoms with Crippen LogP contribution in [0.3, 0.4) is 0 Å². The maximum atomic E-state index is 12.3. The molecule has 0 aliphatic rings. The highest BCUT2D eigenvalue weighted by Crippen LogP contribution is 2.19. The van der Waals surface area contributed by atoms with Gasteiger partial charge in [-0.3, -0.25) is 9.59 Å². The highest BCUT2D eigenvalue weighted by molar-refractivity contribution is 5.95. The third-order valence-corrected chi connectivity index (χ3v) is 4.09. The van der Waals surface area contributed by atoms with Crippen molar-refractivity contribution < 1.29 is 19.4 Å². The van der Waals surface area contributed by atoms with Crippen LogP contribution in [0.25, 0.3) is 0 Å². The molecule has 0 spiro atoms. The summed E-state index contributed by atoms with van der Waals surface area (Å²) in [6.45, 7) is 3.92. The summed E-state index contributed by atoms with van der Waals surface area (Å²) in [5, 5.41) is 12.1. The van der Waals surface area contributed by atoms with Crippen LogP contribution in [0, 0.1) is 19.8 Å². The SMILES string of the molecule is COc1cc(C(=O)NCC(Cc2cccc(C)c2)C(=O)O)ccc1C. The molecule has 1 amide bonds. The molecule has 132 valence electrons. The van der Waals surface area contributed by atoms with Crippen molar-refractivity contribution in [2.24, 2.45) is 5.92 Å². The summed E-state index contributed by atoms with van der Waals surface area (Å²) in [6.07, 6.45) is 0.370. The number of aryl methyl sites for hydroxylation is 2. The van der Waals surface area contributed by atoms with Gasteiger partial charge in [-0.1, -0.05) is 35.9 Å². The zero-order valence-electron chi connectivity index (χ0n) is 14.7. The molecule has 1 unspecified atom stereocenters. The first-order valence-corrected chi connectivity index (χ1v) is 8.12. The second-order valence-corrected chi connectivity index (χ2v) is 6.12. The molecule has 5 heteroatoms. The molecule has 0 saturated carbocycles. The number of methoxy groups -OCH3 is 1. The summed E-state index contributed by atoms with van der Waals surface area (Å²) in [5.74, 6) is -1.29. The fourth-order valence-corrected chi connectivity index (χ4v) is 2.65. The van der Waals surface area contributed by atoms with Gasteiger partial charge in [-0.2, -0.15) is 0 Å². The second kappa shape index (κ2) is 8.33. The van der Waals surface area contributed by atoms with E-state index in [-0.39, 0.29) is 12.5 Å². The van der Waals surface area contributed by atoms with Gasteiger partial charge >= 0.3 is 5.97 Å². The molecule has 0 aromatic heterocycles. The van der Waals surface area contributed by atoms with Gasteiger partial charge in [-0.15, -0.1) is 0 Å². The van der Waals surface area contributed by atoms with Crippen LogP contribution in [0.5, 0.6) is 5.75 Å². The van der Waals surface area contributed by atoms with Crippen LogP contribution in [0.2, 0.25) is 0 Å². The Bertz CT molecular complexity index is 770. The molecule has 0 fully saturated rings. The zero-order chi connectivity index (χ0) is 18.4. The lowest BCUT2D eigenvalue weighted by molar-refractivity contribution is -0.141. The Balaban J connectivity index is 2.03. The van der Waals surface area contributed by atoms with Gasteiger partial charge in [0.1, 0.15) is 5.75 Å². The molecule has 0 heterocycles. The number of amides is 1. The van der Waals surface area contributed by atoms with E-state index in [1.807, 2.05) is 38.1 Å². The number of aliphatic carboxylic acids is 1. The van der Waals surface area contributed by atoms with Crippen LogP contribution < -0.4 is 10.1 Å². The van der Waals surface area contributed by atoms with Crippen LogP contribution in [0.1, 0.15) is 27.0 Å². The number of benzene rings is 2. The lowest BCUT2D eigenvalue weighted by atomic mass is 9.98. The van der Waals surface area contributed by atoms with Crippen LogP contribution in [-0.2, 0) is 11.2 Å². The summed E-state index contributed by atoms with van der Waals surface area (Å²) in [5.41, 5.74) is 3.40. The number of ether oxygens (including phenoxy) is 1. The second-order valence-electron chi connectivity index (χ2n) is 6.12. The van der Waals surface area contributed by atoms with Gasteiger partial charge in [0, 0.05) is 12.1 Å². The van der Waals surface area contributed by atoms with Crippen molar-refractivity contribution in [1.82, 2.24) is 5.32 Å². The third-order valence-electron chi connectivity index (χ3n) is 4.09. The largest absolute Gasteiger partial charge is 0.496 e. The van der Waals surface area contributed by atoms with Crippen LogP contribution in [0.15, 0.2) is 42.5 Å². The maximum Gasteiger partial charge on any atom is 0.308 e. The molecule has 2 rings (SSSR count). The van der Waals surface area contributed by atoms with E-state index in [9.17, 15) is 14.7 Å². The van der Waals surface area contributed by atoms with Crippen LogP contribution in [0.4, 0.5) is 0 Å². The Morgan fingerprint density at radius 3 is 2.56 bits per heavy atom. The number of carbonyl (C=O) groups excluding carboxylic acids is 1. The van der Waals surface area contributed by atoms with Crippen molar-refractivity contribution in [2.75, 3.05) is 13.7 Å². The number of hydrogen-bond donors (Lipinski definition) is 2. The van der Waals surface area contributed by atoms with E-state index >= 15 is 0 Å². The van der Waals surface area contributed by atoms with Gasteiger partial charge in [-0.25, -0.2) is 0 Å². The lowest BCUT2D eigenvalue weighted by Gasteiger charge is -2.14. The molecule has 0 aliphatic carbocycles. The molecule has 2 aromatic carbocycles. The molecule has 0 aliphatic heterocycles. The highest BCUT2D eigenvalue weighted by atomic mass is 16.5. The Hall–Kier alpha value is -2.82. The Morgan fingerprint density at radius 1 is 1.16 bits per heavy atom. The van der Waals surface area contributed by atoms with Crippen molar-refractivity contribution in [3.05, 3.63) is 64.7 Å². The Morgan fingerprint density at radius 2 is 1.92 bits per heavy atom. The lowest BCUT2D eigenvalue weighted by Crippen LogP contribution is -2.34. The number of carboxylic acid groups (broad SMARTS) is 1. The molecule has 25 heavy (non-hydrogen) atoms. The van der Waals surface area contributed by atoms with Crippen molar-refractivity contribution in [1.29, 1.82) is 0 Å². The summed E-state index contributed by atoms with van der Waals surface area (Å²) in [4.78, 5) is 23.8. The van der Waals surface area contributed by atoms with E-state index in [4.69, 9.17) is 4.74 Å². The highest BCUT2D eigenvalue weighted by Gasteiger charge is 2.19. The standard InChI is InChI=1S/C20H23NO4/c1-13-5-4-6-15(9-13)10-17(20(23)24)12-21-19(22)16-8-7-14(2)18(11-16)25-3/h4-9,11,17H,10,12H2,1-3H3,(H,21,22)(H,23,24). The fraction of sp³-hybridized carbons (Fsp3) is 0.300. The molecule has 5 nitrogen and oxygen atoms in total. The first kappa shape index (κ1) is 18.5. The predicted octanol–water partition coefficient (Wildman–Crippen LogP) is 2.99. The Labute approximate surface area is 147 Å². The maximum absolute atomic E-state index is 12.3.